The Morgan fingerprint density at radius 3 is 2.75 bits per heavy atom. The molecular formula is C24H26ClFN6. The summed E-state index contributed by atoms with van der Waals surface area (Å²) in [5.74, 6) is 1.21. The van der Waals surface area contributed by atoms with Crippen LogP contribution in [0.3, 0.4) is 0 Å². The molecule has 0 atom stereocenters. The zero-order chi connectivity index (χ0) is 22.5. The first-order valence-corrected chi connectivity index (χ1v) is 11.1. The van der Waals surface area contributed by atoms with E-state index in [-0.39, 0.29) is 11.9 Å². The van der Waals surface area contributed by atoms with E-state index < -0.39 is 0 Å². The largest absolute Gasteiger partial charge is 0.356 e. The van der Waals surface area contributed by atoms with Crippen molar-refractivity contribution in [3.8, 4) is 0 Å². The average molecular weight is 453 g/mol. The molecule has 166 valence electrons. The number of aryl methyl sites for hydroxylation is 1. The second-order valence-electron chi connectivity index (χ2n) is 7.87. The summed E-state index contributed by atoms with van der Waals surface area (Å²) in [6.07, 6.45) is 10.1. The van der Waals surface area contributed by atoms with Crippen LogP contribution in [0.15, 0.2) is 58.8 Å². The average Bonchev–Trinajstić information content (AvgIpc) is 2.80. The third-order valence-corrected chi connectivity index (χ3v) is 5.95. The number of nitrogens with zero attached hydrogens (tertiary/aromatic N) is 5. The number of hydrogen-bond acceptors (Lipinski definition) is 4. The number of nitrogens with one attached hydrogen (secondary N) is 1. The first kappa shape index (κ1) is 22.1. The molecule has 32 heavy (non-hydrogen) atoms. The van der Waals surface area contributed by atoms with Crippen LogP contribution in [0.4, 0.5) is 10.2 Å². The zero-order valence-electron chi connectivity index (χ0n) is 18.2. The Hall–Kier alpha value is -3.06. The summed E-state index contributed by atoms with van der Waals surface area (Å²) in [5.41, 5.74) is 3.47. The van der Waals surface area contributed by atoms with Crippen molar-refractivity contribution in [2.24, 2.45) is 9.98 Å². The minimum Gasteiger partial charge on any atom is -0.356 e. The molecule has 0 bridgehead atoms. The monoisotopic (exact) mass is 452 g/mol. The van der Waals surface area contributed by atoms with Gasteiger partial charge in [-0.05, 0) is 38.0 Å². The van der Waals surface area contributed by atoms with E-state index >= 15 is 0 Å². The van der Waals surface area contributed by atoms with Crippen molar-refractivity contribution < 1.29 is 4.39 Å². The molecule has 2 aromatic rings. The highest BCUT2D eigenvalue weighted by atomic mass is 35.5. The van der Waals surface area contributed by atoms with Gasteiger partial charge < -0.3 is 10.2 Å². The normalized spacial score (nSPS) is 18.8. The standard InChI is InChI=1S/C24H26ClFN6/c1-16-13-23(29-15-28-16)32-11-9-18(10-12-32)30-24(27-2)31-22-6-4-3-5-20(22)19-8-7-17(26)14-21(19)25/h3-5,7-8,13-15,18H,6,9-12H2,1-2H3,(H,27,30)/b31-22+. The van der Waals surface area contributed by atoms with E-state index in [4.69, 9.17) is 16.6 Å². The molecule has 1 aromatic heterocycles. The number of aromatic nitrogens is 2. The Morgan fingerprint density at radius 2 is 2.03 bits per heavy atom. The summed E-state index contributed by atoms with van der Waals surface area (Å²) in [6.45, 7) is 3.78. The number of guanidine groups is 1. The molecule has 1 aromatic carbocycles. The van der Waals surface area contributed by atoms with Gasteiger partial charge in [0.15, 0.2) is 0 Å². The molecule has 0 saturated carbocycles. The minimum absolute atomic E-state index is 0.276. The number of halogens is 2. The van der Waals surface area contributed by atoms with E-state index in [1.165, 1.54) is 12.1 Å². The Labute approximate surface area is 192 Å². The van der Waals surface area contributed by atoms with Crippen molar-refractivity contribution >= 4 is 34.7 Å². The predicted octanol–water partition coefficient (Wildman–Crippen LogP) is 4.61. The van der Waals surface area contributed by atoms with E-state index in [1.807, 2.05) is 31.2 Å². The van der Waals surface area contributed by atoms with Crippen LogP contribution in [0.25, 0.3) is 5.57 Å². The van der Waals surface area contributed by atoms with Crippen molar-refractivity contribution in [3.05, 3.63) is 70.9 Å². The van der Waals surface area contributed by atoms with Gasteiger partial charge in [-0.2, -0.15) is 0 Å². The van der Waals surface area contributed by atoms with Crippen LogP contribution in [0.1, 0.15) is 30.5 Å². The first-order chi connectivity index (χ1) is 15.5. The number of anilines is 1. The zero-order valence-corrected chi connectivity index (χ0v) is 19.0. The van der Waals surface area contributed by atoms with Gasteiger partial charge in [-0.15, -0.1) is 0 Å². The van der Waals surface area contributed by atoms with Crippen molar-refractivity contribution in [2.75, 3.05) is 25.0 Å². The molecule has 1 fully saturated rings. The van der Waals surface area contributed by atoms with E-state index in [0.29, 0.717) is 17.4 Å². The Bertz CT molecular complexity index is 1100. The highest BCUT2D eigenvalue weighted by Crippen LogP contribution is 2.29. The quantitative estimate of drug-likeness (QED) is 0.545. The van der Waals surface area contributed by atoms with Crippen molar-refractivity contribution in [1.29, 1.82) is 0 Å². The molecule has 2 heterocycles. The van der Waals surface area contributed by atoms with Gasteiger partial charge >= 0.3 is 0 Å². The van der Waals surface area contributed by atoms with E-state index in [9.17, 15) is 4.39 Å². The molecule has 1 N–H and O–H groups in total. The summed E-state index contributed by atoms with van der Waals surface area (Å²) in [5, 5.41) is 3.86. The molecule has 6 nitrogen and oxygen atoms in total. The van der Waals surface area contributed by atoms with Crippen LogP contribution < -0.4 is 10.2 Å². The fraction of sp³-hybridized carbons (Fsp3) is 0.333. The van der Waals surface area contributed by atoms with Crippen molar-refractivity contribution in [2.45, 2.75) is 32.2 Å². The molecule has 1 saturated heterocycles. The number of benzene rings is 1. The topological polar surface area (TPSA) is 65.8 Å². The molecule has 0 unspecified atom stereocenters. The van der Waals surface area contributed by atoms with Crippen LogP contribution in [0, 0.1) is 12.7 Å². The van der Waals surface area contributed by atoms with Gasteiger partial charge in [0.1, 0.15) is 18.0 Å². The number of allylic oxidation sites excluding steroid dienone is 4. The molecule has 0 spiro atoms. The number of aliphatic imine (C=N–C) groups is 2. The summed E-state index contributed by atoms with van der Waals surface area (Å²) >= 11 is 6.31. The lowest BCUT2D eigenvalue weighted by atomic mass is 9.95. The van der Waals surface area contributed by atoms with Crippen molar-refractivity contribution in [1.82, 2.24) is 15.3 Å². The van der Waals surface area contributed by atoms with Gasteiger partial charge in [-0.3, -0.25) is 4.99 Å². The van der Waals surface area contributed by atoms with Gasteiger partial charge in [0.2, 0.25) is 5.96 Å². The van der Waals surface area contributed by atoms with Gasteiger partial charge in [-0.25, -0.2) is 19.4 Å². The third-order valence-electron chi connectivity index (χ3n) is 5.64. The summed E-state index contributed by atoms with van der Waals surface area (Å²) in [6, 6.07) is 6.73. The van der Waals surface area contributed by atoms with Gasteiger partial charge in [0, 0.05) is 55.5 Å². The van der Waals surface area contributed by atoms with Crippen LogP contribution in [-0.4, -0.2) is 47.8 Å². The molecule has 0 amide bonds. The van der Waals surface area contributed by atoms with Crippen molar-refractivity contribution in [3.63, 3.8) is 0 Å². The molecule has 8 heteroatoms. The van der Waals surface area contributed by atoms with Crippen LogP contribution in [-0.2, 0) is 0 Å². The van der Waals surface area contributed by atoms with Crippen LogP contribution in [0.2, 0.25) is 5.02 Å². The lowest BCUT2D eigenvalue weighted by Crippen LogP contribution is -2.44. The van der Waals surface area contributed by atoms with Gasteiger partial charge in [-0.1, -0.05) is 29.8 Å². The second kappa shape index (κ2) is 10.0. The smallest absolute Gasteiger partial charge is 0.218 e. The highest BCUT2D eigenvalue weighted by molar-refractivity contribution is 6.36. The SMILES string of the molecule is CN=C(/N=C1\CC=CC=C1c1ccc(F)cc1Cl)NC1CCN(c2cc(C)ncn2)CC1. The maximum absolute atomic E-state index is 13.5. The second-order valence-corrected chi connectivity index (χ2v) is 8.27. The Morgan fingerprint density at radius 1 is 1.22 bits per heavy atom. The Balaban J connectivity index is 1.44. The predicted molar refractivity (Wildman–Crippen MR) is 129 cm³/mol. The van der Waals surface area contributed by atoms with E-state index in [2.05, 4.69) is 25.2 Å². The van der Waals surface area contributed by atoms with E-state index in [1.54, 1.807) is 19.4 Å². The lowest BCUT2D eigenvalue weighted by Gasteiger charge is -2.33. The molecule has 0 radical (unpaired) electrons. The third kappa shape index (κ3) is 5.22. The van der Waals surface area contributed by atoms with Gasteiger partial charge in [0.05, 0.1) is 10.7 Å². The Kier molecular flexibility index (Phi) is 6.95. The molecule has 1 aliphatic carbocycles. The highest BCUT2D eigenvalue weighted by Gasteiger charge is 2.22. The summed E-state index contributed by atoms with van der Waals surface area (Å²) in [7, 11) is 1.73. The fourth-order valence-corrected chi connectivity index (χ4v) is 4.20. The number of piperidine rings is 1. The first-order valence-electron chi connectivity index (χ1n) is 10.7. The number of rotatable bonds is 3. The lowest BCUT2D eigenvalue weighted by molar-refractivity contribution is 0.463. The molecule has 2 aliphatic rings. The maximum atomic E-state index is 13.5. The van der Waals surface area contributed by atoms with Crippen LogP contribution in [0.5, 0.6) is 0 Å². The molecule has 1 aliphatic heterocycles. The molecular weight excluding hydrogens is 427 g/mol. The van der Waals surface area contributed by atoms with Crippen LogP contribution >= 0.6 is 11.6 Å². The number of hydrogen-bond donors (Lipinski definition) is 1. The summed E-state index contributed by atoms with van der Waals surface area (Å²) < 4.78 is 13.5. The minimum atomic E-state index is -0.356. The maximum Gasteiger partial charge on any atom is 0.218 e. The molecule has 4 rings (SSSR count). The van der Waals surface area contributed by atoms with Gasteiger partial charge in [0.25, 0.3) is 0 Å². The van der Waals surface area contributed by atoms with E-state index in [0.717, 1.165) is 54.3 Å². The fourth-order valence-electron chi connectivity index (χ4n) is 3.93. The summed E-state index contributed by atoms with van der Waals surface area (Å²) in [4.78, 5) is 20.0.